The Morgan fingerprint density at radius 3 is 2.75 bits per heavy atom. The standard InChI is InChI=1S/C17H24IN3O3/c1-9(2)14(20-17(23)24-3)16(22)21-12-5-4-10(6-12)15(21)13-7-11(18)8-19-13/h8-10,12,14-15H,4-7H2,1-3H3,(H,20,23)/t10?,12?,14-,15-/m0/s1. The number of piperidine rings is 1. The maximum absolute atomic E-state index is 13.3. The number of ether oxygens (including phenoxy) is 1. The first-order chi connectivity index (χ1) is 11.4. The van der Waals surface area contributed by atoms with E-state index in [9.17, 15) is 9.59 Å². The largest absolute Gasteiger partial charge is 0.453 e. The molecule has 1 saturated heterocycles. The van der Waals surface area contributed by atoms with E-state index in [0.717, 1.165) is 31.4 Å². The van der Waals surface area contributed by atoms with Crippen LogP contribution in [0.4, 0.5) is 4.79 Å². The molecular formula is C17H24IN3O3. The minimum Gasteiger partial charge on any atom is -0.453 e. The van der Waals surface area contributed by atoms with Crippen molar-refractivity contribution in [1.29, 1.82) is 0 Å². The van der Waals surface area contributed by atoms with Gasteiger partial charge in [-0.2, -0.15) is 0 Å². The maximum atomic E-state index is 13.3. The lowest BCUT2D eigenvalue weighted by Crippen LogP contribution is -2.57. The number of nitrogens with one attached hydrogen (secondary N) is 1. The molecule has 7 heteroatoms. The second kappa shape index (κ2) is 7.01. The van der Waals surface area contributed by atoms with E-state index < -0.39 is 12.1 Å². The smallest absolute Gasteiger partial charge is 0.407 e. The van der Waals surface area contributed by atoms with Gasteiger partial charge in [0.15, 0.2) is 0 Å². The second-order valence-corrected chi connectivity index (χ2v) is 8.53. The third-order valence-corrected chi connectivity index (χ3v) is 5.95. The first-order valence-corrected chi connectivity index (χ1v) is 9.58. The lowest BCUT2D eigenvalue weighted by molar-refractivity contribution is -0.137. The molecular weight excluding hydrogens is 421 g/mol. The molecule has 24 heavy (non-hydrogen) atoms. The van der Waals surface area contributed by atoms with Gasteiger partial charge in [0.05, 0.1) is 13.2 Å². The first-order valence-electron chi connectivity index (χ1n) is 8.50. The Bertz CT molecular complexity index is 602. The Morgan fingerprint density at radius 2 is 2.17 bits per heavy atom. The van der Waals surface area contributed by atoms with Crippen molar-refractivity contribution in [1.82, 2.24) is 10.2 Å². The third-order valence-electron chi connectivity index (χ3n) is 5.29. The summed E-state index contributed by atoms with van der Waals surface area (Å²) in [6.07, 6.45) is 5.44. The highest BCUT2D eigenvalue weighted by molar-refractivity contribution is 14.1. The summed E-state index contributed by atoms with van der Waals surface area (Å²) in [5, 5.41) is 2.72. The molecule has 1 saturated carbocycles. The van der Waals surface area contributed by atoms with Crippen molar-refractivity contribution in [3.05, 3.63) is 9.78 Å². The van der Waals surface area contributed by atoms with Crippen LogP contribution in [0.2, 0.25) is 0 Å². The molecule has 1 N–H and O–H groups in total. The zero-order valence-electron chi connectivity index (χ0n) is 14.3. The number of fused-ring (bicyclic) bond motifs is 2. The number of aliphatic imine (C=N–C) groups is 1. The van der Waals surface area contributed by atoms with Gasteiger partial charge >= 0.3 is 6.09 Å². The number of allylic oxidation sites excluding steroid dienone is 1. The summed E-state index contributed by atoms with van der Waals surface area (Å²) in [6.45, 7) is 3.89. The molecule has 6 nitrogen and oxygen atoms in total. The van der Waals surface area contributed by atoms with Gasteiger partial charge in [-0.3, -0.25) is 9.79 Å². The molecule has 3 aliphatic rings. The van der Waals surface area contributed by atoms with Crippen LogP contribution in [-0.4, -0.2) is 47.8 Å². The summed E-state index contributed by atoms with van der Waals surface area (Å²) in [6, 6.07) is -0.206. The molecule has 0 aromatic rings. The van der Waals surface area contributed by atoms with E-state index in [-0.39, 0.29) is 23.9 Å². The van der Waals surface area contributed by atoms with Crippen LogP contribution >= 0.6 is 22.6 Å². The van der Waals surface area contributed by atoms with Crippen LogP contribution in [0.5, 0.6) is 0 Å². The number of halogens is 1. The van der Waals surface area contributed by atoms with Gasteiger partial charge in [-0.25, -0.2) is 4.79 Å². The average molecular weight is 445 g/mol. The summed E-state index contributed by atoms with van der Waals surface area (Å²) in [5.74, 6) is 0.497. The molecule has 0 spiro atoms. The number of rotatable bonds is 4. The molecule has 1 aliphatic carbocycles. The number of carbonyl (C=O) groups is 2. The van der Waals surface area contributed by atoms with Crippen LogP contribution in [0, 0.1) is 11.8 Å². The fourth-order valence-electron chi connectivity index (χ4n) is 4.19. The highest BCUT2D eigenvalue weighted by Gasteiger charge is 2.51. The van der Waals surface area contributed by atoms with E-state index >= 15 is 0 Å². The number of amides is 2. The van der Waals surface area contributed by atoms with E-state index in [1.54, 1.807) is 0 Å². The summed E-state index contributed by atoms with van der Waals surface area (Å²) in [5.41, 5.74) is 1.10. The van der Waals surface area contributed by atoms with E-state index in [1.165, 1.54) is 10.7 Å². The van der Waals surface area contributed by atoms with Crippen LogP contribution in [0.25, 0.3) is 0 Å². The third kappa shape index (κ3) is 3.19. The molecule has 2 bridgehead atoms. The number of hydrogen-bond acceptors (Lipinski definition) is 4. The molecule has 2 fully saturated rings. The van der Waals surface area contributed by atoms with E-state index in [4.69, 9.17) is 4.74 Å². The van der Waals surface area contributed by atoms with Crippen molar-refractivity contribution in [3.63, 3.8) is 0 Å². The van der Waals surface area contributed by atoms with Crippen molar-refractivity contribution < 1.29 is 14.3 Å². The zero-order valence-corrected chi connectivity index (χ0v) is 16.4. The molecule has 4 atom stereocenters. The van der Waals surface area contributed by atoms with Gasteiger partial charge < -0.3 is 15.0 Å². The number of nitrogens with zero attached hydrogens (tertiary/aromatic N) is 2. The van der Waals surface area contributed by atoms with Gasteiger partial charge in [0.1, 0.15) is 6.04 Å². The van der Waals surface area contributed by atoms with Gasteiger partial charge in [0.25, 0.3) is 0 Å². The van der Waals surface area contributed by atoms with E-state index in [2.05, 4.69) is 32.9 Å². The van der Waals surface area contributed by atoms with Gasteiger partial charge in [-0.05, 0) is 53.7 Å². The predicted molar refractivity (Wildman–Crippen MR) is 100 cm³/mol. The number of carbonyl (C=O) groups excluding carboxylic acids is 2. The van der Waals surface area contributed by atoms with Crippen molar-refractivity contribution in [2.45, 2.75) is 57.7 Å². The number of likely N-dealkylation sites (tertiary alicyclic amines) is 1. The van der Waals surface area contributed by atoms with Crippen LogP contribution < -0.4 is 5.32 Å². The summed E-state index contributed by atoms with van der Waals surface area (Å²) >= 11 is 2.30. The molecule has 2 heterocycles. The molecule has 2 unspecified atom stereocenters. The van der Waals surface area contributed by atoms with Gasteiger partial charge in [0, 0.05) is 28.0 Å². The van der Waals surface area contributed by atoms with Crippen LogP contribution in [0.1, 0.15) is 39.5 Å². The summed E-state index contributed by atoms with van der Waals surface area (Å²) in [4.78, 5) is 31.5. The number of alkyl carbamates (subject to hydrolysis) is 1. The van der Waals surface area contributed by atoms with Crippen LogP contribution in [-0.2, 0) is 9.53 Å². The summed E-state index contributed by atoms with van der Waals surface area (Å²) in [7, 11) is 1.32. The molecule has 2 amide bonds. The highest BCUT2D eigenvalue weighted by atomic mass is 127. The minimum absolute atomic E-state index is 0.000143. The fourth-order valence-corrected chi connectivity index (χ4v) is 4.72. The van der Waals surface area contributed by atoms with Crippen LogP contribution in [0.15, 0.2) is 14.8 Å². The van der Waals surface area contributed by atoms with Crippen molar-refractivity contribution in [3.8, 4) is 0 Å². The molecule has 132 valence electrons. The minimum atomic E-state index is -0.562. The Kier molecular flexibility index (Phi) is 5.17. The summed E-state index contributed by atoms with van der Waals surface area (Å²) < 4.78 is 5.91. The molecule has 0 aromatic heterocycles. The fraction of sp³-hybridized carbons (Fsp3) is 0.706. The Morgan fingerprint density at radius 1 is 1.42 bits per heavy atom. The number of hydrogen-bond donors (Lipinski definition) is 1. The lowest BCUT2D eigenvalue weighted by atomic mass is 9.92. The average Bonchev–Trinajstić information content (AvgIpc) is 3.26. The van der Waals surface area contributed by atoms with Crippen molar-refractivity contribution >= 4 is 40.3 Å². The van der Waals surface area contributed by atoms with Crippen molar-refractivity contribution in [2.75, 3.05) is 7.11 Å². The van der Waals surface area contributed by atoms with Gasteiger partial charge in [-0.1, -0.05) is 13.8 Å². The van der Waals surface area contributed by atoms with Crippen molar-refractivity contribution in [2.24, 2.45) is 16.8 Å². The zero-order chi connectivity index (χ0) is 17.4. The topological polar surface area (TPSA) is 71.0 Å². The quantitative estimate of drug-likeness (QED) is 0.677. The monoisotopic (exact) mass is 445 g/mol. The number of methoxy groups -OCH3 is 1. The predicted octanol–water partition coefficient (Wildman–Crippen LogP) is 2.87. The molecule has 0 aromatic carbocycles. The van der Waals surface area contributed by atoms with E-state index in [1.807, 2.05) is 24.9 Å². The second-order valence-electron chi connectivity index (χ2n) is 7.15. The van der Waals surface area contributed by atoms with Gasteiger partial charge in [-0.15, -0.1) is 0 Å². The first kappa shape index (κ1) is 17.7. The molecule has 2 aliphatic heterocycles. The van der Waals surface area contributed by atoms with E-state index in [0.29, 0.717) is 5.92 Å². The Labute approximate surface area is 156 Å². The Hall–Kier alpha value is -1.12. The van der Waals surface area contributed by atoms with Crippen LogP contribution in [0.3, 0.4) is 0 Å². The molecule has 0 radical (unpaired) electrons. The SMILES string of the molecule is COC(=O)N[C@H](C(=O)N1C2CCC(C2)[C@H]1C1=NC=C(I)C1)C(C)C. The highest BCUT2D eigenvalue weighted by Crippen LogP contribution is 2.45. The maximum Gasteiger partial charge on any atom is 0.407 e. The Balaban J connectivity index is 1.82. The molecule has 3 rings (SSSR count). The van der Waals surface area contributed by atoms with Gasteiger partial charge in [0.2, 0.25) is 5.91 Å². The normalized spacial score (nSPS) is 29.5. The lowest BCUT2D eigenvalue weighted by Gasteiger charge is -2.38.